The van der Waals surface area contributed by atoms with Gasteiger partial charge in [0, 0.05) is 0 Å². The first-order valence-electron chi connectivity index (χ1n) is 8.63. The number of ether oxygens (including phenoxy) is 1. The second-order valence-electron chi connectivity index (χ2n) is 6.27. The molecule has 4 nitrogen and oxygen atoms in total. The summed E-state index contributed by atoms with van der Waals surface area (Å²) in [6, 6.07) is 25.8. The second-order valence-corrected chi connectivity index (χ2v) is 6.27. The Hall–Kier alpha value is -3.05. The zero-order valence-corrected chi connectivity index (χ0v) is 14.3. The van der Waals surface area contributed by atoms with E-state index in [9.17, 15) is 5.02 Å². The highest BCUT2D eigenvalue weighted by molar-refractivity contribution is 6.65. The molecule has 0 aliphatic carbocycles. The zero-order valence-electron chi connectivity index (χ0n) is 14.3. The molecule has 4 rings (SSSR count). The van der Waals surface area contributed by atoms with Crippen LogP contribution >= 0.6 is 0 Å². The van der Waals surface area contributed by atoms with E-state index in [0.29, 0.717) is 13.2 Å². The van der Waals surface area contributed by atoms with Gasteiger partial charge in [-0.25, -0.2) is 0 Å². The van der Waals surface area contributed by atoms with Gasteiger partial charge in [-0.3, -0.25) is 0 Å². The van der Waals surface area contributed by atoms with Crippen molar-refractivity contribution in [3.63, 3.8) is 0 Å². The Morgan fingerprint density at radius 2 is 1.58 bits per heavy atom. The average Bonchev–Trinajstić information content (AvgIpc) is 2.70. The van der Waals surface area contributed by atoms with Crippen molar-refractivity contribution in [2.24, 2.45) is 5.10 Å². The molecule has 1 aliphatic rings. The molecule has 1 N–H and O–H groups in total. The van der Waals surface area contributed by atoms with Crippen LogP contribution in [0.2, 0.25) is 0 Å². The molecule has 0 bridgehead atoms. The van der Waals surface area contributed by atoms with Crippen LogP contribution in [0.1, 0.15) is 16.7 Å². The molecule has 0 fully saturated rings. The average molecular weight is 342 g/mol. The van der Waals surface area contributed by atoms with Gasteiger partial charge in [0.05, 0.1) is 12.8 Å². The van der Waals surface area contributed by atoms with E-state index < -0.39 is 7.05 Å². The Labute approximate surface area is 153 Å². The van der Waals surface area contributed by atoms with E-state index in [0.717, 1.165) is 27.9 Å². The lowest BCUT2D eigenvalue weighted by Crippen LogP contribution is -2.49. The largest absolute Gasteiger partial charge is 0.489 e. The summed E-state index contributed by atoms with van der Waals surface area (Å²) in [6.45, 7) is 1.07. The van der Waals surface area contributed by atoms with E-state index >= 15 is 0 Å². The summed E-state index contributed by atoms with van der Waals surface area (Å²) >= 11 is 0. The predicted molar refractivity (Wildman–Crippen MR) is 104 cm³/mol. The number of benzene rings is 3. The molecule has 3 aromatic rings. The van der Waals surface area contributed by atoms with Gasteiger partial charge in [0.2, 0.25) is 0 Å². The number of nitrogens with zero attached hydrogens (tertiary/aromatic N) is 2. The molecule has 26 heavy (non-hydrogen) atoms. The van der Waals surface area contributed by atoms with Crippen molar-refractivity contribution >= 4 is 18.7 Å². The molecule has 0 spiro atoms. The summed E-state index contributed by atoms with van der Waals surface area (Å²) in [5.41, 5.74) is 3.94. The van der Waals surface area contributed by atoms with Crippen molar-refractivity contribution in [3.8, 4) is 5.75 Å². The van der Waals surface area contributed by atoms with Gasteiger partial charge >= 0.3 is 7.05 Å². The van der Waals surface area contributed by atoms with Crippen molar-refractivity contribution in [3.05, 3.63) is 95.6 Å². The van der Waals surface area contributed by atoms with Gasteiger partial charge < -0.3 is 14.7 Å². The summed E-state index contributed by atoms with van der Waals surface area (Å²) in [5.74, 6) is 0.766. The molecule has 0 atom stereocenters. The van der Waals surface area contributed by atoms with E-state index in [1.54, 1.807) is 11.1 Å². The molecule has 128 valence electrons. The van der Waals surface area contributed by atoms with E-state index in [1.807, 2.05) is 78.9 Å². The molecular formula is C21H19BN2O2. The monoisotopic (exact) mass is 342 g/mol. The van der Waals surface area contributed by atoms with E-state index in [1.165, 1.54) is 0 Å². The number of rotatable bonds is 5. The molecule has 0 aromatic heterocycles. The van der Waals surface area contributed by atoms with Crippen LogP contribution in [0.5, 0.6) is 5.75 Å². The van der Waals surface area contributed by atoms with Crippen LogP contribution in [0.4, 0.5) is 0 Å². The highest BCUT2D eigenvalue weighted by atomic mass is 16.5. The predicted octanol–water partition coefficient (Wildman–Crippen LogP) is 2.80. The maximum atomic E-state index is 10.7. The minimum atomic E-state index is -0.765. The maximum absolute atomic E-state index is 10.7. The summed E-state index contributed by atoms with van der Waals surface area (Å²) in [5, 5.41) is 15.1. The molecule has 0 saturated carbocycles. The Morgan fingerprint density at radius 3 is 2.31 bits per heavy atom. The molecule has 3 aromatic carbocycles. The molecule has 1 heterocycles. The fourth-order valence-corrected chi connectivity index (χ4v) is 2.99. The molecule has 0 radical (unpaired) electrons. The lowest BCUT2D eigenvalue weighted by Gasteiger charge is -2.27. The molecule has 5 heteroatoms. The fraction of sp³-hybridized carbons (Fsp3) is 0.0952. The summed E-state index contributed by atoms with van der Waals surface area (Å²) in [6.07, 6.45) is 1.78. The third-order valence-corrected chi connectivity index (χ3v) is 4.40. The quantitative estimate of drug-likeness (QED) is 0.726. The third-order valence-electron chi connectivity index (χ3n) is 4.40. The minimum Gasteiger partial charge on any atom is -0.489 e. The lowest BCUT2D eigenvalue weighted by atomic mass is 9.69. The van der Waals surface area contributed by atoms with Gasteiger partial charge in [-0.1, -0.05) is 66.7 Å². The Balaban J connectivity index is 1.47. The Bertz CT molecular complexity index is 900. The Morgan fingerprint density at radius 1 is 0.885 bits per heavy atom. The van der Waals surface area contributed by atoms with Crippen LogP contribution in [-0.4, -0.2) is 23.2 Å². The zero-order chi connectivity index (χ0) is 17.8. The summed E-state index contributed by atoms with van der Waals surface area (Å²) in [7, 11) is -0.765. The molecule has 0 saturated heterocycles. The van der Waals surface area contributed by atoms with Gasteiger partial charge in [-0.2, -0.15) is 5.10 Å². The van der Waals surface area contributed by atoms with Gasteiger partial charge in [-0.15, -0.1) is 0 Å². The van der Waals surface area contributed by atoms with Crippen LogP contribution in [-0.2, 0) is 13.2 Å². The highest BCUT2D eigenvalue weighted by Crippen LogP contribution is 2.17. The normalized spacial score (nSPS) is 12.8. The van der Waals surface area contributed by atoms with Crippen LogP contribution in [0.3, 0.4) is 0 Å². The maximum Gasteiger partial charge on any atom is 0.467 e. The highest BCUT2D eigenvalue weighted by Gasteiger charge is 2.29. The molecule has 1 aliphatic heterocycles. The van der Waals surface area contributed by atoms with E-state index in [-0.39, 0.29) is 0 Å². The first-order valence-corrected chi connectivity index (χ1v) is 8.63. The fourth-order valence-electron chi connectivity index (χ4n) is 2.99. The second kappa shape index (κ2) is 7.46. The summed E-state index contributed by atoms with van der Waals surface area (Å²) < 4.78 is 5.86. The molecule has 0 unspecified atom stereocenters. The molecule has 0 amide bonds. The van der Waals surface area contributed by atoms with Crippen LogP contribution in [0.15, 0.2) is 84.0 Å². The van der Waals surface area contributed by atoms with E-state index in [4.69, 9.17) is 4.74 Å². The number of hydrogen-bond acceptors (Lipinski definition) is 4. The molecular weight excluding hydrogens is 323 g/mol. The van der Waals surface area contributed by atoms with E-state index in [2.05, 4.69) is 5.10 Å². The van der Waals surface area contributed by atoms with Gasteiger partial charge in [0.1, 0.15) is 12.4 Å². The van der Waals surface area contributed by atoms with Crippen LogP contribution in [0, 0.1) is 0 Å². The van der Waals surface area contributed by atoms with Crippen molar-refractivity contribution in [1.29, 1.82) is 0 Å². The lowest BCUT2D eigenvalue weighted by molar-refractivity contribution is 0.306. The van der Waals surface area contributed by atoms with Gasteiger partial charge in [0.15, 0.2) is 0 Å². The number of fused-ring (bicyclic) bond motifs is 1. The number of hydrogen-bond donors (Lipinski definition) is 1. The topological polar surface area (TPSA) is 45.1 Å². The summed E-state index contributed by atoms with van der Waals surface area (Å²) in [4.78, 5) is 1.68. The van der Waals surface area contributed by atoms with Crippen molar-refractivity contribution in [2.75, 3.05) is 0 Å². The van der Waals surface area contributed by atoms with Crippen LogP contribution in [0.25, 0.3) is 0 Å². The minimum absolute atomic E-state index is 0.513. The number of hydrazone groups is 1. The van der Waals surface area contributed by atoms with Crippen LogP contribution < -0.4 is 10.2 Å². The standard InChI is InChI=1S/C21H19BN2O2/c25-22-21-12-11-20(26-16-18-9-5-2-6-10-18)13-19(21)14-23-24(22)15-17-7-3-1-4-8-17/h1-14,25H,15-16H2. The van der Waals surface area contributed by atoms with Crippen molar-refractivity contribution in [2.45, 2.75) is 13.2 Å². The first-order chi connectivity index (χ1) is 12.8. The third kappa shape index (κ3) is 3.63. The van der Waals surface area contributed by atoms with Gasteiger partial charge in [-0.05, 0) is 34.3 Å². The SMILES string of the molecule is OB1c2ccc(OCc3ccccc3)cc2C=NN1Cc1ccccc1. The van der Waals surface area contributed by atoms with Crippen molar-refractivity contribution < 1.29 is 9.76 Å². The Kier molecular flexibility index (Phi) is 4.71. The van der Waals surface area contributed by atoms with Gasteiger partial charge in [0.25, 0.3) is 0 Å². The first kappa shape index (κ1) is 16.4. The smallest absolute Gasteiger partial charge is 0.467 e. The van der Waals surface area contributed by atoms with Crippen molar-refractivity contribution in [1.82, 2.24) is 4.92 Å².